The molecule has 0 aliphatic rings. The van der Waals surface area contributed by atoms with Crippen molar-refractivity contribution in [2.24, 2.45) is 0 Å². The van der Waals surface area contributed by atoms with Crippen LogP contribution >= 0.6 is 0 Å². The SMILES string of the molecule is COCCn1cc(C(=O)C(F)(F)F)c2c(OC)cccc21. The van der Waals surface area contributed by atoms with Crippen molar-refractivity contribution in [3.8, 4) is 5.75 Å². The Kier molecular flexibility index (Phi) is 4.22. The van der Waals surface area contributed by atoms with E-state index in [1.54, 1.807) is 16.7 Å². The zero-order chi connectivity index (χ0) is 15.6. The number of halogens is 3. The Hall–Kier alpha value is -2.02. The summed E-state index contributed by atoms with van der Waals surface area (Å²) in [5, 5.41) is 0.165. The van der Waals surface area contributed by atoms with E-state index in [0.29, 0.717) is 18.7 Å². The minimum atomic E-state index is -4.93. The van der Waals surface area contributed by atoms with E-state index in [9.17, 15) is 18.0 Å². The molecule has 0 unspecified atom stereocenters. The third-order valence-electron chi connectivity index (χ3n) is 3.13. The zero-order valence-electron chi connectivity index (χ0n) is 11.5. The summed E-state index contributed by atoms with van der Waals surface area (Å²) in [6.45, 7) is 0.659. The summed E-state index contributed by atoms with van der Waals surface area (Å²) in [4.78, 5) is 11.6. The highest BCUT2D eigenvalue weighted by molar-refractivity contribution is 6.12. The standard InChI is InChI=1S/C14H14F3NO3/c1-20-7-6-18-8-9(13(19)14(15,16)17)12-10(18)4-3-5-11(12)21-2/h3-5,8H,6-7H2,1-2H3. The summed E-state index contributed by atoms with van der Waals surface area (Å²) in [6, 6.07) is 4.82. The van der Waals surface area contributed by atoms with Crippen LogP contribution in [0.3, 0.4) is 0 Å². The van der Waals surface area contributed by atoms with Gasteiger partial charge in [-0.1, -0.05) is 6.07 Å². The smallest absolute Gasteiger partial charge is 0.454 e. The molecule has 0 aliphatic carbocycles. The molecule has 1 heterocycles. The van der Waals surface area contributed by atoms with Gasteiger partial charge in [-0.15, -0.1) is 0 Å². The zero-order valence-corrected chi connectivity index (χ0v) is 11.5. The maximum absolute atomic E-state index is 12.7. The molecular weight excluding hydrogens is 287 g/mol. The van der Waals surface area contributed by atoms with Gasteiger partial charge in [-0.25, -0.2) is 0 Å². The lowest BCUT2D eigenvalue weighted by atomic mass is 10.1. The molecule has 0 N–H and O–H groups in total. The first kappa shape index (κ1) is 15.4. The number of benzene rings is 1. The molecule has 4 nitrogen and oxygen atoms in total. The number of nitrogens with zero attached hydrogens (tertiary/aromatic N) is 1. The van der Waals surface area contributed by atoms with E-state index in [0.717, 1.165) is 0 Å². The third kappa shape index (κ3) is 2.87. The van der Waals surface area contributed by atoms with E-state index in [2.05, 4.69) is 0 Å². The fourth-order valence-corrected chi connectivity index (χ4v) is 2.19. The van der Waals surface area contributed by atoms with Crippen molar-refractivity contribution in [2.75, 3.05) is 20.8 Å². The second-order valence-electron chi connectivity index (χ2n) is 4.41. The van der Waals surface area contributed by atoms with Crippen LogP contribution in [-0.4, -0.2) is 37.4 Å². The van der Waals surface area contributed by atoms with Gasteiger partial charge in [0.15, 0.2) is 0 Å². The number of ether oxygens (including phenoxy) is 2. The van der Waals surface area contributed by atoms with Crippen LogP contribution in [0, 0.1) is 0 Å². The number of alkyl halides is 3. The van der Waals surface area contributed by atoms with E-state index in [1.807, 2.05) is 0 Å². The first-order chi connectivity index (χ1) is 9.90. The minimum Gasteiger partial charge on any atom is -0.496 e. The van der Waals surface area contributed by atoms with Crippen molar-refractivity contribution in [3.63, 3.8) is 0 Å². The molecular formula is C14H14F3NO3. The van der Waals surface area contributed by atoms with Crippen molar-refractivity contribution in [1.82, 2.24) is 4.57 Å². The number of hydrogen-bond acceptors (Lipinski definition) is 3. The number of methoxy groups -OCH3 is 2. The van der Waals surface area contributed by atoms with Crippen LogP contribution in [0.25, 0.3) is 10.9 Å². The highest BCUT2D eigenvalue weighted by atomic mass is 19.4. The minimum absolute atomic E-state index is 0.165. The van der Waals surface area contributed by atoms with Crippen LogP contribution in [0.2, 0.25) is 0 Å². The summed E-state index contributed by atoms with van der Waals surface area (Å²) < 4.78 is 49.8. The topological polar surface area (TPSA) is 40.5 Å². The first-order valence-electron chi connectivity index (χ1n) is 6.16. The fourth-order valence-electron chi connectivity index (χ4n) is 2.19. The molecule has 2 rings (SSSR count). The molecule has 0 amide bonds. The lowest BCUT2D eigenvalue weighted by molar-refractivity contribution is -0.0884. The van der Waals surface area contributed by atoms with Crippen molar-refractivity contribution < 1.29 is 27.4 Å². The number of aromatic nitrogens is 1. The van der Waals surface area contributed by atoms with E-state index in [4.69, 9.17) is 9.47 Å². The van der Waals surface area contributed by atoms with Gasteiger partial charge in [-0.2, -0.15) is 13.2 Å². The summed E-state index contributed by atoms with van der Waals surface area (Å²) in [7, 11) is 2.84. The molecule has 0 atom stereocenters. The largest absolute Gasteiger partial charge is 0.496 e. The average molecular weight is 301 g/mol. The molecule has 1 aromatic heterocycles. The van der Waals surface area contributed by atoms with Crippen molar-refractivity contribution in [2.45, 2.75) is 12.7 Å². The van der Waals surface area contributed by atoms with E-state index in [1.165, 1.54) is 26.5 Å². The summed E-state index contributed by atoms with van der Waals surface area (Å²) in [5.41, 5.74) is 0.0880. The van der Waals surface area contributed by atoms with Crippen LogP contribution in [0.1, 0.15) is 10.4 Å². The highest BCUT2D eigenvalue weighted by Crippen LogP contribution is 2.34. The van der Waals surface area contributed by atoms with Crippen LogP contribution in [0.5, 0.6) is 5.75 Å². The van der Waals surface area contributed by atoms with Gasteiger partial charge in [-0.05, 0) is 12.1 Å². The Morgan fingerprint density at radius 1 is 1.29 bits per heavy atom. The molecule has 0 saturated carbocycles. The summed E-state index contributed by atoms with van der Waals surface area (Å²) in [6.07, 6.45) is -3.73. The predicted molar refractivity (Wildman–Crippen MR) is 70.8 cm³/mol. The van der Waals surface area contributed by atoms with E-state index >= 15 is 0 Å². The maximum Gasteiger partial charge on any atom is 0.454 e. The predicted octanol–water partition coefficient (Wildman–Crippen LogP) is 3.04. The quantitative estimate of drug-likeness (QED) is 0.797. The molecule has 0 saturated heterocycles. The number of rotatable bonds is 5. The first-order valence-corrected chi connectivity index (χ1v) is 6.16. The Labute approximate surface area is 119 Å². The molecule has 0 fully saturated rings. The van der Waals surface area contributed by atoms with E-state index in [-0.39, 0.29) is 11.1 Å². The third-order valence-corrected chi connectivity index (χ3v) is 3.13. The number of ketones is 1. The van der Waals surface area contributed by atoms with E-state index < -0.39 is 17.5 Å². The number of carbonyl (C=O) groups is 1. The number of carbonyl (C=O) groups excluding carboxylic acids is 1. The average Bonchev–Trinajstić information content (AvgIpc) is 2.82. The Morgan fingerprint density at radius 2 is 2.00 bits per heavy atom. The molecule has 1 aromatic carbocycles. The molecule has 0 spiro atoms. The molecule has 0 aliphatic heterocycles. The van der Waals surface area contributed by atoms with Gasteiger partial charge in [-0.3, -0.25) is 4.79 Å². The Morgan fingerprint density at radius 3 is 2.57 bits per heavy atom. The fraction of sp³-hybridized carbons (Fsp3) is 0.357. The molecule has 0 bridgehead atoms. The summed E-state index contributed by atoms with van der Waals surface area (Å²) >= 11 is 0. The van der Waals surface area contributed by atoms with Gasteiger partial charge in [0.05, 0.1) is 30.2 Å². The molecule has 7 heteroatoms. The molecule has 0 radical (unpaired) electrons. The normalized spacial score (nSPS) is 11.9. The van der Waals surface area contributed by atoms with Crippen molar-refractivity contribution in [3.05, 3.63) is 30.0 Å². The monoisotopic (exact) mass is 301 g/mol. The second-order valence-corrected chi connectivity index (χ2v) is 4.41. The van der Waals surface area contributed by atoms with Crippen molar-refractivity contribution >= 4 is 16.7 Å². The lowest BCUT2D eigenvalue weighted by Gasteiger charge is -2.07. The maximum atomic E-state index is 12.7. The highest BCUT2D eigenvalue weighted by Gasteiger charge is 2.41. The second kappa shape index (κ2) is 5.77. The van der Waals surface area contributed by atoms with Gasteiger partial charge >= 0.3 is 6.18 Å². The van der Waals surface area contributed by atoms with Gasteiger partial charge in [0, 0.05) is 19.9 Å². The van der Waals surface area contributed by atoms with Crippen LogP contribution in [0.4, 0.5) is 13.2 Å². The van der Waals surface area contributed by atoms with Crippen LogP contribution < -0.4 is 4.74 Å². The number of Topliss-reactive ketones (excluding diaryl/α,β-unsaturated/α-hetero) is 1. The summed E-state index contributed by atoms with van der Waals surface area (Å²) in [5.74, 6) is -1.65. The Bertz CT molecular complexity index is 661. The van der Waals surface area contributed by atoms with Gasteiger partial charge < -0.3 is 14.0 Å². The molecule has 114 valence electrons. The van der Waals surface area contributed by atoms with Gasteiger partial charge in [0.2, 0.25) is 0 Å². The van der Waals surface area contributed by atoms with Gasteiger partial charge in [0.1, 0.15) is 5.75 Å². The number of hydrogen-bond donors (Lipinski definition) is 0. The van der Waals surface area contributed by atoms with Crippen LogP contribution in [0.15, 0.2) is 24.4 Å². The molecule has 2 aromatic rings. The number of fused-ring (bicyclic) bond motifs is 1. The van der Waals surface area contributed by atoms with Crippen molar-refractivity contribution in [1.29, 1.82) is 0 Å². The molecule has 21 heavy (non-hydrogen) atoms. The lowest BCUT2D eigenvalue weighted by Crippen LogP contribution is -2.22. The Balaban J connectivity index is 2.66. The van der Waals surface area contributed by atoms with Crippen LogP contribution in [-0.2, 0) is 11.3 Å². The van der Waals surface area contributed by atoms with Gasteiger partial charge in [0.25, 0.3) is 5.78 Å².